The van der Waals surface area contributed by atoms with Crippen molar-refractivity contribution in [1.29, 1.82) is 0 Å². The first-order valence-electron chi connectivity index (χ1n) is 11.8. The lowest BCUT2D eigenvalue weighted by Crippen LogP contribution is -2.36. The molecule has 0 aromatic heterocycles. The second-order valence-corrected chi connectivity index (χ2v) is 8.56. The van der Waals surface area contributed by atoms with Gasteiger partial charge in [-0.3, -0.25) is 9.59 Å². The number of aliphatic hydroxyl groups is 1. The Morgan fingerprint density at radius 1 is 1.15 bits per heavy atom. The van der Waals surface area contributed by atoms with E-state index in [1.807, 2.05) is 37.3 Å². The Morgan fingerprint density at radius 3 is 2.61 bits per heavy atom. The topological polar surface area (TPSA) is 76.1 Å². The highest BCUT2D eigenvalue weighted by atomic mass is 16.5. The Labute approximate surface area is 194 Å². The van der Waals surface area contributed by atoms with Crippen LogP contribution in [0.3, 0.4) is 0 Å². The van der Waals surface area contributed by atoms with Crippen molar-refractivity contribution in [2.24, 2.45) is 0 Å². The van der Waals surface area contributed by atoms with E-state index in [-0.39, 0.29) is 17.4 Å². The van der Waals surface area contributed by atoms with Gasteiger partial charge in [0, 0.05) is 18.7 Å². The molecule has 2 aromatic rings. The van der Waals surface area contributed by atoms with Crippen LogP contribution in [0.5, 0.6) is 5.75 Å². The summed E-state index contributed by atoms with van der Waals surface area (Å²) in [5.74, 6) is -0.849. The van der Waals surface area contributed by atoms with Crippen LogP contribution in [0, 0.1) is 0 Å². The molecule has 1 N–H and O–H groups in total. The third kappa shape index (κ3) is 4.81. The van der Waals surface area contributed by atoms with Gasteiger partial charge in [0.1, 0.15) is 11.5 Å². The highest BCUT2D eigenvalue weighted by Crippen LogP contribution is 2.40. The van der Waals surface area contributed by atoms with Crippen LogP contribution in [0.25, 0.3) is 5.76 Å². The summed E-state index contributed by atoms with van der Waals surface area (Å²) in [4.78, 5) is 27.8. The number of aliphatic hydroxyl groups excluding tert-OH is 1. The van der Waals surface area contributed by atoms with Gasteiger partial charge < -0.3 is 19.5 Å². The van der Waals surface area contributed by atoms with E-state index in [4.69, 9.17) is 9.47 Å². The molecule has 0 radical (unpaired) electrons. The van der Waals surface area contributed by atoms with E-state index in [1.165, 1.54) is 0 Å². The maximum absolute atomic E-state index is 13.2. The van der Waals surface area contributed by atoms with Crippen molar-refractivity contribution in [3.63, 3.8) is 0 Å². The van der Waals surface area contributed by atoms with Crippen molar-refractivity contribution in [2.45, 2.75) is 51.7 Å². The maximum atomic E-state index is 13.2. The molecule has 2 saturated heterocycles. The van der Waals surface area contributed by atoms with E-state index < -0.39 is 17.7 Å². The van der Waals surface area contributed by atoms with Crippen LogP contribution in [0.4, 0.5) is 0 Å². The average Bonchev–Trinajstić information content (AvgIpc) is 3.45. The fourth-order valence-corrected chi connectivity index (χ4v) is 4.47. The number of ketones is 1. The van der Waals surface area contributed by atoms with E-state index in [0.29, 0.717) is 31.1 Å². The number of carbonyl (C=O) groups excluding carboxylic acids is 2. The fraction of sp³-hybridized carbons (Fsp3) is 0.407. The van der Waals surface area contributed by atoms with Gasteiger partial charge in [-0.15, -0.1) is 0 Å². The summed E-state index contributed by atoms with van der Waals surface area (Å²) in [5, 5.41) is 11.3. The van der Waals surface area contributed by atoms with Crippen LogP contribution in [0.1, 0.15) is 55.8 Å². The third-order valence-corrected chi connectivity index (χ3v) is 6.25. The molecule has 2 aliphatic rings. The number of ether oxygens (including phenoxy) is 2. The molecule has 0 saturated carbocycles. The summed E-state index contributed by atoms with van der Waals surface area (Å²) in [7, 11) is 0. The van der Waals surface area contributed by atoms with E-state index in [1.54, 1.807) is 23.1 Å². The van der Waals surface area contributed by atoms with Gasteiger partial charge in [-0.2, -0.15) is 0 Å². The predicted octanol–water partition coefficient (Wildman–Crippen LogP) is 4.64. The van der Waals surface area contributed by atoms with E-state index in [0.717, 1.165) is 36.8 Å². The van der Waals surface area contributed by atoms with Gasteiger partial charge in [0.25, 0.3) is 11.7 Å². The first-order valence-corrected chi connectivity index (χ1v) is 11.8. The van der Waals surface area contributed by atoms with Gasteiger partial charge >= 0.3 is 0 Å². The van der Waals surface area contributed by atoms with Gasteiger partial charge in [0.05, 0.1) is 24.3 Å². The number of Topliss-reactive ketones (excluding diaryl/α,β-unsaturated/α-hetero) is 1. The SMILES string of the molecule is CCCOc1cccc(/C(O)=C2/C(=O)C(=O)N(CC3CCCO3)C2c2ccc(CC)cc2)c1. The molecular formula is C27H31NO5. The quantitative estimate of drug-likeness (QED) is 0.361. The smallest absolute Gasteiger partial charge is 0.295 e. The minimum Gasteiger partial charge on any atom is -0.507 e. The molecule has 0 bridgehead atoms. The minimum atomic E-state index is -0.671. The van der Waals surface area contributed by atoms with Crippen LogP contribution in [0.2, 0.25) is 0 Å². The molecule has 2 heterocycles. The zero-order valence-corrected chi connectivity index (χ0v) is 19.3. The van der Waals surface area contributed by atoms with E-state index >= 15 is 0 Å². The van der Waals surface area contributed by atoms with Crippen molar-refractivity contribution in [3.05, 3.63) is 70.8 Å². The first kappa shape index (κ1) is 23.1. The van der Waals surface area contributed by atoms with Crippen molar-refractivity contribution in [2.75, 3.05) is 19.8 Å². The highest BCUT2D eigenvalue weighted by Gasteiger charge is 2.47. The van der Waals surface area contributed by atoms with Crippen LogP contribution in [0.15, 0.2) is 54.1 Å². The molecule has 0 aliphatic carbocycles. The summed E-state index contributed by atoms with van der Waals surface area (Å²) in [6.45, 7) is 5.63. The highest BCUT2D eigenvalue weighted by molar-refractivity contribution is 6.46. The fourth-order valence-electron chi connectivity index (χ4n) is 4.47. The molecule has 2 aliphatic heterocycles. The molecule has 0 spiro atoms. The van der Waals surface area contributed by atoms with Crippen molar-refractivity contribution in [3.8, 4) is 5.75 Å². The van der Waals surface area contributed by atoms with Gasteiger partial charge in [0.15, 0.2) is 0 Å². The lowest BCUT2D eigenvalue weighted by Gasteiger charge is -2.27. The zero-order chi connectivity index (χ0) is 23.4. The Balaban J connectivity index is 1.77. The normalized spacial score (nSPS) is 22.2. The van der Waals surface area contributed by atoms with Crippen LogP contribution in [-0.2, 0) is 20.7 Å². The van der Waals surface area contributed by atoms with Gasteiger partial charge in [-0.05, 0) is 48.9 Å². The molecule has 2 atom stereocenters. The number of hydrogen-bond acceptors (Lipinski definition) is 5. The molecule has 6 nitrogen and oxygen atoms in total. The van der Waals surface area contributed by atoms with Crippen molar-refractivity contribution >= 4 is 17.4 Å². The Kier molecular flexibility index (Phi) is 7.14. The van der Waals surface area contributed by atoms with Gasteiger partial charge in [-0.1, -0.05) is 50.2 Å². The van der Waals surface area contributed by atoms with Crippen LogP contribution < -0.4 is 4.74 Å². The largest absolute Gasteiger partial charge is 0.507 e. The number of carbonyl (C=O) groups is 2. The molecule has 2 unspecified atom stereocenters. The lowest BCUT2D eigenvalue weighted by molar-refractivity contribution is -0.140. The van der Waals surface area contributed by atoms with Gasteiger partial charge in [0.2, 0.25) is 0 Å². The number of benzene rings is 2. The molecule has 1 amide bonds. The van der Waals surface area contributed by atoms with E-state index in [2.05, 4.69) is 6.92 Å². The standard InChI is InChI=1S/C27H31NO5/c1-3-14-32-21-8-5-7-20(16-21)25(29)23-24(19-12-10-18(4-2)11-13-19)28(27(31)26(23)30)17-22-9-6-15-33-22/h5,7-8,10-13,16,22,24,29H,3-4,6,9,14-15,17H2,1-2H3/b25-23-. The number of likely N-dealkylation sites (tertiary alicyclic amines) is 1. The molecular weight excluding hydrogens is 418 g/mol. The predicted molar refractivity (Wildman–Crippen MR) is 126 cm³/mol. The lowest BCUT2D eigenvalue weighted by atomic mass is 9.94. The van der Waals surface area contributed by atoms with Crippen LogP contribution in [-0.4, -0.2) is 47.6 Å². The number of nitrogens with zero attached hydrogens (tertiary/aromatic N) is 1. The second-order valence-electron chi connectivity index (χ2n) is 8.56. The Bertz CT molecular complexity index is 1040. The summed E-state index contributed by atoms with van der Waals surface area (Å²) in [5.41, 5.74) is 2.52. The number of amides is 1. The van der Waals surface area contributed by atoms with Crippen molar-refractivity contribution < 1.29 is 24.2 Å². The maximum Gasteiger partial charge on any atom is 0.295 e. The summed E-state index contributed by atoms with van der Waals surface area (Å²) in [6, 6.07) is 14.2. The number of hydrogen-bond donors (Lipinski definition) is 1. The molecule has 2 aromatic carbocycles. The average molecular weight is 450 g/mol. The molecule has 6 heteroatoms. The summed E-state index contributed by atoms with van der Waals surface area (Å²) < 4.78 is 11.4. The summed E-state index contributed by atoms with van der Waals surface area (Å²) in [6.07, 6.45) is 3.43. The number of rotatable bonds is 8. The van der Waals surface area contributed by atoms with Crippen LogP contribution >= 0.6 is 0 Å². The van der Waals surface area contributed by atoms with E-state index in [9.17, 15) is 14.7 Å². The first-order chi connectivity index (χ1) is 16.0. The zero-order valence-electron chi connectivity index (χ0n) is 19.3. The second kappa shape index (κ2) is 10.2. The minimum absolute atomic E-state index is 0.105. The summed E-state index contributed by atoms with van der Waals surface area (Å²) >= 11 is 0. The molecule has 2 fully saturated rings. The Hall–Kier alpha value is -3.12. The number of aryl methyl sites for hydroxylation is 1. The van der Waals surface area contributed by atoms with Gasteiger partial charge in [-0.25, -0.2) is 0 Å². The van der Waals surface area contributed by atoms with Crippen molar-refractivity contribution in [1.82, 2.24) is 4.90 Å². The Morgan fingerprint density at radius 2 is 1.94 bits per heavy atom. The molecule has 33 heavy (non-hydrogen) atoms. The third-order valence-electron chi connectivity index (χ3n) is 6.25. The molecule has 4 rings (SSSR count). The monoisotopic (exact) mass is 449 g/mol. The molecule has 174 valence electrons.